The number of hydrogen-bond donors (Lipinski definition) is 2. The number of carbonyl (C=O) groups is 1. The molecule has 1 atom stereocenters. The molecule has 1 saturated heterocycles. The summed E-state index contributed by atoms with van der Waals surface area (Å²) in [6, 6.07) is 0. The first-order valence-corrected chi connectivity index (χ1v) is 6.32. The van der Waals surface area contributed by atoms with Crippen LogP contribution in [0.1, 0.15) is 20.3 Å². The minimum Gasteiger partial charge on any atom is -0.445 e. The number of piperazine rings is 1. The Morgan fingerprint density at radius 2 is 2.18 bits per heavy atom. The fourth-order valence-corrected chi connectivity index (χ4v) is 1.68. The summed E-state index contributed by atoms with van der Waals surface area (Å²) in [6.45, 7) is 8.25. The van der Waals surface area contributed by atoms with Crippen molar-refractivity contribution in [3.05, 3.63) is 0 Å². The molecule has 17 heavy (non-hydrogen) atoms. The molecule has 6 nitrogen and oxygen atoms in total. The van der Waals surface area contributed by atoms with E-state index in [0.717, 1.165) is 32.6 Å². The van der Waals surface area contributed by atoms with E-state index in [1.165, 1.54) is 0 Å². The Balaban J connectivity index is 2.53. The monoisotopic (exact) mass is 244 g/mol. The molecular formula is C11H24N4O2. The smallest absolute Gasteiger partial charge is 0.424 e. The lowest BCUT2D eigenvalue weighted by molar-refractivity contribution is -0.0382. The number of carbonyl (C=O) groups excluding carboxylic acids is 1. The molecule has 0 aromatic heterocycles. The standard InChI is InChI=1S/C11H24N4O2/c1-3-10(2)17-11(16)15(7-4-12)14-8-5-13-6-9-14/h10,13H,3-9,12H2,1-2H3. The molecule has 100 valence electrons. The number of rotatable bonds is 5. The molecule has 0 aromatic carbocycles. The lowest BCUT2D eigenvalue weighted by atomic mass is 10.3. The Morgan fingerprint density at radius 1 is 1.53 bits per heavy atom. The zero-order valence-corrected chi connectivity index (χ0v) is 10.8. The van der Waals surface area contributed by atoms with Crippen LogP contribution in [0.15, 0.2) is 0 Å². The van der Waals surface area contributed by atoms with Gasteiger partial charge in [-0.05, 0) is 13.3 Å². The third kappa shape index (κ3) is 4.49. The molecule has 6 heteroatoms. The summed E-state index contributed by atoms with van der Waals surface area (Å²) in [6.07, 6.45) is 0.487. The van der Waals surface area contributed by atoms with Crippen LogP contribution in [-0.4, -0.2) is 61.5 Å². The lowest BCUT2D eigenvalue weighted by Gasteiger charge is -2.37. The maximum atomic E-state index is 12.0. The minimum atomic E-state index is -0.285. The van der Waals surface area contributed by atoms with Gasteiger partial charge >= 0.3 is 6.09 Å². The number of nitrogens with one attached hydrogen (secondary N) is 1. The first-order valence-electron chi connectivity index (χ1n) is 6.32. The number of nitrogens with zero attached hydrogens (tertiary/aromatic N) is 2. The maximum Gasteiger partial charge on any atom is 0.424 e. The van der Waals surface area contributed by atoms with Crippen LogP contribution in [0, 0.1) is 0 Å². The first kappa shape index (κ1) is 14.2. The summed E-state index contributed by atoms with van der Waals surface area (Å²) in [5.74, 6) is 0. The average Bonchev–Trinajstić information content (AvgIpc) is 2.36. The molecule has 1 aliphatic heterocycles. The molecular weight excluding hydrogens is 220 g/mol. The highest BCUT2D eigenvalue weighted by Crippen LogP contribution is 2.06. The number of hydrazine groups is 1. The molecule has 1 amide bonds. The normalized spacial score (nSPS) is 18.8. The lowest BCUT2D eigenvalue weighted by Crippen LogP contribution is -2.56. The first-order chi connectivity index (χ1) is 8.19. The molecule has 0 bridgehead atoms. The van der Waals surface area contributed by atoms with Crippen molar-refractivity contribution in [2.45, 2.75) is 26.4 Å². The van der Waals surface area contributed by atoms with Gasteiger partial charge in [-0.3, -0.25) is 0 Å². The van der Waals surface area contributed by atoms with E-state index in [1.807, 2.05) is 18.9 Å². The zero-order valence-electron chi connectivity index (χ0n) is 10.8. The summed E-state index contributed by atoms with van der Waals surface area (Å²) < 4.78 is 5.34. The predicted molar refractivity (Wildman–Crippen MR) is 66.4 cm³/mol. The molecule has 0 saturated carbocycles. The second kappa shape index (κ2) is 7.47. The van der Waals surface area contributed by atoms with E-state index in [-0.39, 0.29) is 12.2 Å². The Hall–Kier alpha value is -0.850. The van der Waals surface area contributed by atoms with Crippen LogP contribution in [0.25, 0.3) is 0 Å². The van der Waals surface area contributed by atoms with Crippen LogP contribution in [0.3, 0.4) is 0 Å². The van der Waals surface area contributed by atoms with E-state index in [4.69, 9.17) is 10.5 Å². The van der Waals surface area contributed by atoms with Gasteiger partial charge in [0, 0.05) is 32.7 Å². The van der Waals surface area contributed by atoms with Gasteiger partial charge in [0.1, 0.15) is 6.10 Å². The van der Waals surface area contributed by atoms with E-state index in [2.05, 4.69) is 5.32 Å². The third-order valence-corrected chi connectivity index (χ3v) is 2.86. The topological polar surface area (TPSA) is 70.8 Å². The van der Waals surface area contributed by atoms with E-state index in [1.54, 1.807) is 5.01 Å². The number of ether oxygens (including phenoxy) is 1. The van der Waals surface area contributed by atoms with Gasteiger partial charge in [0.15, 0.2) is 0 Å². The van der Waals surface area contributed by atoms with E-state index >= 15 is 0 Å². The highest BCUT2D eigenvalue weighted by molar-refractivity contribution is 5.67. The summed E-state index contributed by atoms with van der Waals surface area (Å²) in [4.78, 5) is 12.0. The summed E-state index contributed by atoms with van der Waals surface area (Å²) >= 11 is 0. The Kier molecular flexibility index (Phi) is 6.25. The van der Waals surface area contributed by atoms with Gasteiger partial charge in [-0.15, -0.1) is 0 Å². The number of amides is 1. The molecule has 0 spiro atoms. The summed E-state index contributed by atoms with van der Waals surface area (Å²) in [5, 5.41) is 6.89. The van der Waals surface area contributed by atoms with Crippen LogP contribution in [-0.2, 0) is 4.74 Å². The van der Waals surface area contributed by atoms with E-state index in [0.29, 0.717) is 13.1 Å². The minimum absolute atomic E-state index is 0.0503. The molecule has 1 rings (SSSR count). The largest absolute Gasteiger partial charge is 0.445 e. The SMILES string of the molecule is CCC(C)OC(=O)N(CCN)N1CCNCC1. The zero-order chi connectivity index (χ0) is 12.7. The van der Waals surface area contributed by atoms with Crippen LogP contribution >= 0.6 is 0 Å². The fourth-order valence-electron chi connectivity index (χ4n) is 1.68. The van der Waals surface area contributed by atoms with Gasteiger partial charge in [0.05, 0.1) is 6.54 Å². The molecule has 3 N–H and O–H groups in total. The van der Waals surface area contributed by atoms with Crippen LogP contribution < -0.4 is 11.1 Å². The van der Waals surface area contributed by atoms with Crippen molar-refractivity contribution in [2.75, 3.05) is 39.3 Å². The van der Waals surface area contributed by atoms with Gasteiger partial charge in [-0.2, -0.15) is 0 Å². The van der Waals surface area contributed by atoms with Crippen molar-refractivity contribution in [3.8, 4) is 0 Å². The van der Waals surface area contributed by atoms with Crippen molar-refractivity contribution >= 4 is 6.09 Å². The van der Waals surface area contributed by atoms with Gasteiger partial charge in [-0.25, -0.2) is 14.8 Å². The maximum absolute atomic E-state index is 12.0. The Labute approximate surface area is 103 Å². The van der Waals surface area contributed by atoms with Gasteiger partial charge in [-0.1, -0.05) is 6.92 Å². The van der Waals surface area contributed by atoms with Crippen molar-refractivity contribution in [1.82, 2.24) is 15.3 Å². The van der Waals surface area contributed by atoms with Gasteiger partial charge in [0.2, 0.25) is 0 Å². The summed E-state index contributed by atoms with van der Waals surface area (Å²) in [5.41, 5.74) is 5.55. The van der Waals surface area contributed by atoms with E-state index in [9.17, 15) is 4.79 Å². The highest BCUT2D eigenvalue weighted by Gasteiger charge is 2.24. The molecule has 1 fully saturated rings. The fraction of sp³-hybridized carbons (Fsp3) is 0.909. The second-order valence-corrected chi connectivity index (χ2v) is 4.22. The van der Waals surface area contributed by atoms with Crippen molar-refractivity contribution in [3.63, 3.8) is 0 Å². The molecule has 0 aliphatic carbocycles. The number of nitrogens with two attached hydrogens (primary N) is 1. The van der Waals surface area contributed by atoms with Crippen molar-refractivity contribution in [1.29, 1.82) is 0 Å². The summed E-state index contributed by atoms with van der Waals surface area (Å²) in [7, 11) is 0. The van der Waals surface area contributed by atoms with Crippen molar-refractivity contribution < 1.29 is 9.53 Å². The molecule has 1 unspecified atom stereocenters. The average molecular weight is 244 g/mol. The van der Waals surface area contributed by atoms with Crippen LogP contribution in [0.4, 0.5) is 4.79 Å². The van der Waals surface area contributed by atoms with Crippen LogP contribution in [0.5, 0.6) is 0 Å². The van der Waals surface area contributed by atoms with Gasteiger partial charge < -0.3 is 15.8 Å². The number of hydrogen-bond acceptors (Lipinski definition) is 5. The molecule has 0 aromatic rings. The van der Waals surface area contributed by atoms with E-state index < -0.39 is 0 Å². The molecule has 1 aliphatic rings. The van der Waals surface area contributed by atoms with Crippen LogP contribution in [0.2, 0.25) is 0 Å². The van der Waals surface area contributed by atoms with Gasteiger partial charge in [0.25, 0.3) is 0 Å². The highest BCUT2D eigenvalue weighted by atomic mass is 16.6. The van der Waals surface area contributed by atoms with Crippen molar-refractivity contribution in [2.24, 2.45) is 5.73 Å². The predicted octanol–water partition coefficient (Wildman–Crippen LogP) is 0.00240. The molecule has 1 heterocycles. The third-order valence-electron chi connectivity index (χ3n) is 2.86. The Bertz CT molecular complexity index is 232. The second-order valence-electron chi connectivity index (χ2n) is 4.22. The Morgan fingerprint density at radius 3 is 2.71 bits per heavy atom. The molecule has 0 radical (unpaired) electrons. The quantitative estimate of drug-likeness (QED) is 0.712.